The summed E-state index contributed by atoms with van der Waals surface area (Å²) in [5, 5.41) is 3.43. The number of hydrogen-bond acceptors (Lipinski definition) is 2. The summed E-state index contributed by atoms with van der Waals surface area (Å²) in [6, 6.07) is 12.6. The van der Waals surface area contributed by atoms with Gasteiger partial charge in [0.2, 0.25) is 6.41 Å². The smallest absolute Gasteiger partial charge is 0.211 e. The van der Waals surface area contributed by atoms with Gasteiger partial charge in [-0.15, -0.1) is 0 Å². The van der Waals surface area contributed by atoms with Crippen molar-refractivity contribution in [1.29, 1.82) is 0 Å². The van der Waals surface area contributed by atoms with Crippen LogP contribution in [-0.2, 0) is 11.4 Å². The van der Waals surface area contributed by atoms with Crippen LogP contribution in [0.3, 0.4) is 0 Å². The van der Waals surface area contributed by atoms with Crippen molar-refractivity contribution in [2.75, 3.05) is 5.32 Å². The molecular formula is C14H11Cl2NO2. The first-order valence-corrected chi connectivity index (χ1v) is 6.32. The van der Waals surface area contributed by atoms with Crippen LogP contribution in [0.1, 0.15) is 5.56 Å². The molecule has 0 atom stereocenters. The number of hydrogen-bond donors (Lipinski definition) is 1. The van der Waals surface area contributed by atoms with E-state index in [9.17, 15) is 4.79 Å². The van der Waals surface area contributed by atoms with Crippen molar-refractivity contribution < 1.29 is 9.53 Å². The van der Waals surface area contributed by atoms with Gasteiger partial charge in [0.25, 0.3) is 0 Å². The molecular weight excluding hydrogens is 285 g/mol. The van der Waals surface area contributed by atoms with Crippen LogP contribution in [0, 0.1) is 0 Å². The van der Waals surface area contributed by atoms with Gasteiger partial charge in [-0.2, -0.15) is 0 Å². The number of anilines is 1. The van der Waals surface area contributed by atoms with Gasteiger partial charge in [-0.3, -0.25) is 4.79 Å². The first-order chi connectivity index (χ1) is 9.20. The Morgan fingerprint density at radius 2 is 1.95 bits per heavy atom. The molecule has 0 saturated heterocycles. The lowest BCUT2D eigenvalue weighted by Gasteiger charge is -2.09. The molecule has 0 radical (unpaired) electrons. The van der Waals surface area contributed by atoms with Gasteiger partial charge in [0.05, 0.1) is 5.02 Å². The van der Waals surface area contributed by atoms with Crippen LogP contribution in [0.4, 0.5) is 5.69 Å². The van der Waals surface area contributed by atoms with Crippen molar-refractivity contribution in [2.45, 2.75) is 6.61 Å². The Balaban J connectivity index is 2.08. The molecule has 2 aromatic carbocycles. The zero-order valence-electron chi connectivity index (χ0n) is 9.90. The van der Waals surface area contributed by atoms with Crippen LogP contribution in [0.15, 0.2) is 42.5 Å². The summed E-state index contributed by atoms with van der Waals surface area (Å²) in [5.41, 5.74) is 1.64. The minimum Gasteiger partial charge on any atom is -0.487 e. The molecule has 5 heteroatoms. The minimum atomic E-state index is 0.342. The number of ether oxygens (including phenoxy) is 1. The monoisotopic (exact) mass is 295 g/mol. The van der Waals surface area contributed by atoms with Crippen molar-refractivity contribution >= 4 is 35.3 Å². The third-order valence-corrected chi connectivity index (χ3v) is 3.26. The number of amides is 1. The zero-order chi connectivity index (χ0) is 13.7. The van der Waals surface area contributed by atoms with E-state index in [1.165, 1.54) is 0 Å². The van der Waals surface area contributed by atoms with E-state index < -0.39 is 0 Å². The highest BCUT2D eigenvalue weighted by Crippen LogP contribution is 2.31. The summed E-state index contributed by atoms with van der Waals surface area (Å²) in [6.45, 7) is 0.342. The van der Waals surface area contributed by atoms with E-state index >= 15 is 0 Å². The number of halogens is 2. The molecule has 2 rings (SSSR count). The van der Waals surface area contributed by atoms with E-state index in [1.54, 1.807) is 24.3 Å². The van der Waals surface area contributed by atoms with Gasteiger partial charge in [-0.1, -0.05) is 41.4 Å². The third kappa shape index (κ3) is 3.63. The maximum atomic E-state index is 10.4. The molecule has 0 bridgehead atoms. The minimum absolute atomic E-state index is 0.342. The maximum Gasteiger partial charge on any atom is 0.211 e. The van der Waals surface area contributed by atoms with Crippen LogP contribution in [0.25, 0.3) is 0 Å². The highest BCUT2D eigenvalue weighted by atomic mass is 35.5. The highest BCUT2D eigenvalue weighted by molar-refractivity contribution is 6.42. The fraction of sp³-hybridized carbons (Fsp3) is 0.0714. The van der Waals surface area contributed by atoms with E-state index in [4.69, 9.17) is 27.9 Å². The summed E-state index contributed by atoms with van der Waals surface area (Å²) in [7, 11) is 0. The Morgan fingerprint density at radius 1 is 1.16 bits per heavy atom. The second-order valence-corrected chi connectivity index (χ2v) is 4.59. The highest BCUT2D eigenvalue weighted by Gasteiger charge is 2.05. The summed E-state index contributed by atoms with van der Waals surface area (Å²) in [4.78, 5) is 10.4. The summed E-state index contributed by atoms with van der Waals surface area (Å²) in [6.07, 6.45) is 0.633. The molecule has 0 unspecified atom stereocenters. The fourth-order valence-corrected chi connectivity index (χ4v) is 1.92. The van der Waals surface area contributed by atoms with Crippen LogP contribution >= 0.6 is 23.2 Å². The van der Waals surface area contributed by atoms with Gasteiger partial charge in [0.1, 0.15) is 17.4 Å². The number of benzene rings is 2. The molecule has 98 valence electrons. The van der Waals surface area contributed by atoms with Crippen LogP contribution in [0.2, 0.25) is 10.0 Å². The van der Waals surface area contributed by atoms with Crippen molar-refractivity contribution in [3.05, 3.63) is 58.1 Å². The second kappa shape index (κ2) is 6.45. The normalized spacial score (nSPS) is 10.0. The van der Waals surface area contributed by atoms with E-state index in [2.05, 4.69) is 5.32 Å². The van der Waals surface area contributed by atoms with Gasteiger partial charge in [-0.05, 0) is 29.8 Å². The number of carbonyl (C=O) groups is 1. The van der Waals surface area contributed by atoms with E-state index in [0.29, 0.717) is 34.5 Å². The lowest BCUT2D eigenvalue weighted by atomic mass is 10.2. The molecule has 2 aromatic rings. The zero-order valence-corrected chi connectivity index (χ0v) is 11.4. The molecule has 19 heavy (non-hydrogen) atoms. The maximum absolute atomic E-state index is 10.4. The Kier molecular flexibility index (Phi) is 4.66. The average Bonchev–Trinajstić information content (AvgIpc) is 2.41. The van der Waals surface area contributed by atoms with Crippen molar-refractivity contribution in [2.24, 2.45) is 0 Å². The van der Waals surface area contributed by atoms with Crippen molar-refractivity contribution in [1.82, 2.24) is 0 Å². The van der Waals surface area contributed by atoms with Crippen LogP contribution in [-0.4, -0.2) is 6.41 Å². The van der Waals surface area contributed by atoms with Gasteiger partial charge < -0.3 is 10.1 Å². The van der Waals surface area contributed by atoms with E-state index in [0.717, 1.165) is 5.56 Å². The first-order valence-electron chi connectivity index (χ1n) is 5.56. The lowest BCUT2D eigenvalue weighted by molar-refractivity contribution is -0.105. The average molecular weight is 296 g/mol. The summed E-state index contributed by atoms with van der Waals surface area (Å²) >= 11 is 11.9. The molecule has 0 spiro atoms. The Morgan fingerprint density at radius 3 is 2.74 bits per heavy atom. The number of carbonyl (C=O) groups excluding carboxylic acids is 1. The van der Waals surface area contributed by atoms with Crippen molar-refractivity contribution in [3.8, 4) is 5.75 Å². The fourth-order valence-electron chi connectivity index (χ4n) is 1.58. The Bertz CT molecular complexity index is 587. The van der Waals surface area contributed by atoms with E-state index in [1.807, 2.05) is 18.2 Å². The number of rotatable bonds is 5. The second-order valence-electron chi connectivity index (χ2n) is 3.80. The van der Waals surface area contributed by atoms with Crippen molar-refractivity contribution in [3.63, 3.8) is 0 Å². The van der Waals surface area contributed by atoms with Crippen LogP contribution < -0.4 is 10.1 Å². The molecule has 0 aliphatic rings. The summed E-state index contributed by atoms with van der Waals surface area (Å²) in [5.74, 6) is 0.530. The largest absolute Gasteiger partial charge is 0.487 e. The molecule has 0 aliphatic heterocycles. The SMILES string of the molecule is O=CNc1cccc(COc2cccc(Cl)c2Cl)c1. The third-order valence-electron chi connectivity index (χ3n) is 2.46. The Hall–Kier alpha value is -1.71. The predicted octanol–water partition coefficient (Wildman–Crippen LogP) is 4.14. The molecule has 3 nitrogen and oxygen atoms in total. The lowest BCUT2D eigenvalue weighted by Crippen LogP contribution is -1.98. The molecule has 0 saturated carbocycles. The predicted molar refractivity (Wildman–Crippen MR) is 76.9 cm³/mol. The molecule has 0 aromatic heterocycles. The van der Waals surface area contributed by atoms with Gasteiger partial charge in [-0.25, -0.2) is 0 Å². The van der Waals surface area contributed by atoms with Gasteiger partial charge in [0, 0.05) is 5.69 Å². The topological polar surface area (TPSA) is 38.3 Å². The van der Waals surface area contributed by atoms with Gasteiger partial charge in [0.15, 0.2) is 0 Å². The standard InChI is InChI=1S/C14H11Cl2NO2/c15-12-5-2-6-13(14(12)16)19-8-10-3-1-4-11(7-10)17-9-18/h1-7,9H,8H2,(H,17,18). The molecule has 0 heterocycles. The molecule has 0 aliphatic carbocycles. The molecule has 1 N–H and O–H groups in total. The summed E-state index contributed by atoms with van der Waals surface area (Å²) < 4.78 is 5.60. The Labute approximate surface area is 121 Å². The van der Waals surface area contributed by atoms with Gasteiger partial charge >= 0.3 is 0 Å². The van der Waals surface area contributed by atoms with E-state index in [-0.39, 0.29) is 0 Å². The molecule has 0 fully saturated rings. The number of nitrogens with one attached hydrogen (secondary N) is 1. The molecule has 1 amide bonds. The first kappa shape index (κ1) is 13.7. The quantitative estimate of drug-likeness (QED) is 0.842. The van der Waals surface area contributed by atoms with Crippen LogP contribution in [0.5, 0.6) is 5.75 Å².